The average Bonchev–Trinajstić information content (AvgIpc) is 2.24. The molecule has 0 aromatic carbocycles. The molecule has 0 aliphatic carbocycles. The standard InChI is InChI=1S/C6HBF15O/c8-1(9,5(16,17)18)3(12,13)7(22,23)4(14,15)2(10,11)6(19,20)21/h23H/q-1. The molecule has 0 radical (unpaired) electrons. The molecule has 1 N–H and O–H groups in total. The van der Waals surface area contributed by atoms with E-state index in [9.17, 15) is 65.8 Å². The topological polar surface area (TPSA) is 20.2 Å². The lowest BCUT2D eigenvalue weighted by molar-refractivity contribution is -0.358. The van der Waals surface area contributed by atoms with E-state index < -0.39 is 42.5 Å². The zero-order valence-electron chi connectivity index (χ0n) is 9.69. The largest absolute Gasteiger partial charge is 0.572 e. The Balaban J connectivity index is 6.37. The third-order valence-electron chi connectivity index (χ3n) is 2.51. The molecule has 0 aromatic heterocycles. The molecule has 23 heavy (non-hydrogen) atoms. The summed E-state index contributed by atoms with van der Waals surface area (Å²) in [6.45, 7) is -8.75. The lowest BCUT2D eigenvalue weighted by Crippen LogP contribution is -2.77. The van der Waals surface area contributed by atoms with Crippen LogP contribution in [-0.4, -0.2) is 47.5 Å². The fourth-order valence-electron chi connectivity index (χ4n) is 1.09. The second kappa shape index (κ2) is 4.98. The van der Waals surface area contributed by atoms with Crippen molar-refractivity contribution in [3.63, 3.8) is 0 Å². The second-order valence-electron chi connectivity index (χ2n) is 4.11. The Hall–Kier alpha value is -1.03. The highest BCUT2D eigenvalue weighted by Gasteiger charge is 2.88. The van der Waals surface area contributed by atoms with E-state index in [0.29, 0.717) is 0 Å². The van der Waals surface area contributed by atoms with Crippen LogP contribution in [-0.2, 0) is 0 Å². The van der Waals surface area contributed by atoms with Gasteiger partial charge in [0.2, 0.25) is 0 Å². The Morgan fingerprint density at radius 3 is 0.783 bits per heavy atom. The van der Waals surface area contributed by atoms with E-state index in [1.807, 2.05) is 0 Å². The molecule has 0 unspecified atom stereocenters. The highest BCUT2D eigenvalue weighted by Crippen LogP contribution is 2.58. The van der Waals surface area contributed by atoms with Gasteiger partial charge in [-0.3, -0.25) is 0 Å². The maximum atomic E-state index is 12.9. The third kappa shape index (κ3) is 2.69. The first kappa shape index (κ1) is 22.0. The van der Waals surface area contributed by atoms with Crippen LogP contribution >= 0.6 is 0 Å². The number of hydrogen-bond acceptors (Lipinski definition) is 1. The smallest absolute Gasteiger partial charge is 0.456 e. The van der Waals surface area contributed by atoms with Crippen LogP contribution in [0.4, 0.5) is 65.8 Å². The first-order chi connectivity index (χ1) is 9.50. The van der Waals surface area contributed by atoms with E-state index in [0.717, 1.165) is 0 Å². The Morgan fingerprint density at radius 2 is 0.652 bits per heavy atom. The summed E-state index contributed by atoms with van der Waals surface area (Å²) in [7, 11) is 0. The highest BCUT2D eigenvalue weighted by molar-refractivity contribution is 6.71. The molecule has 0 aliphatic heterocycles. The Kier molecular flexibility index (Phi) is 4.76. The Morgan fingerprint density at radius 1 is 0.478 bits per heavy atom. The minimum atomic E-state index is -8.75. The third-order valence-corrected chi connectivity index (χ3v) is 2.51. The maximum absolute atomic E-state index is 12.9. The fraction of sp³-hybridized carbons (Fsp3) is 1.00. The summed E-state index contributed by atoms with van der Waals surface area (Å²) in [5.74, 6) is -31.9. The van der Waals surface area contributed by atoms with Crippen LogP contribution in [0.2, 0.25) is 0 Å². The molecule has 0 spiro atoms. The molecule has 0 saturated heterocycles. The van der Waals surface area contributed by atoms with Gasteiger partial charge in [0.05, 0.1) is 0 Å². The molecule has 0 heterocycles. The molecule has 0 bridgehead atoms. The first-order valence-corrected chi connectivity index (χ1v) is 4.70. The van der Waals surface area contributed by atoms with Gasteiger partial charge >= 0.3 is 30.8 Å². The second-order valence-corrected chi connectivity index (χ2v) is 4.11. The summed E-state index contributed by atoms with van der Waals surface area (Å²) in [6, 6.07) is 0. The van der Waals surface area contributed by atoms with Gasteiger partial charge in [-0.25, -0.2) is 17.6 Å². The highest BCUT2D eigenvalue weighted by atomic mass is 19.4. The van der Waals surface area contributed by atoms with Gasteiger partial charge in [0, 0.05) is 0 Å². The van der Waals surface area contributed by atoms with Crippen molar-refractivity contribution < 1.29 is 70.8 Å². The van der Waals surface area contributed by atoms with E-state index in [1.54, 1.807) is 0 Å². The molecular weight excluding hydrogens is 384 g/mol. The molecule has 0 saturated carbocycles. The van der Waals surface area contributed by atoms with Crippen LogP contribution in [0.5, 0.6) is 0 Å². The van der Waals surface area contributed by atoms with Crippen molar-refractivity contribution in [1.82, 2.24) is 0 Å². The van der Waals surface area contributed by atoms with E-state index in [1.165, 1.54) is 0 Å². The van der Waals surface area contributed by atoms with Gasteiger partial charge in [-0.2, -0.15) is 43.9 Å². The predicted octanol–water partition coefficient (Wildman–Crippen LogP) is 4.13. The van der Waals surface area contributed by atoms with Crippen molar-refractivity contribution in [2.45, 2.75) is 35.8 Å². The van der Waals surface area contributed by atoms with E-state index in [2.05, 4.69) is 0 Å². The van der Waals surface area contributed by atoms with Gasteiger partial charge in [0.1, 0.15) is 0 Å². The van der Waals surface area contributed by atoms with Gasteiger partial charge in [0.25, 0.3) is 11.6 Å². The predicted molar refractivity (Wildman–Crippen MR) is 41.0 cm³/mol. The summed E-state index contributed by atoms with van der Waals surface area (Å²) in [6.07, 6.45) is -15.1. The molecule has 0 rings (SSSR count). The van der Waals surface area contributed by atoms with Gasteiger partial charge in [-0.05, 0) is 0 Å². The van der Waals surface area contributed by atoms with E-state index >= 15 is 0 Å². The van der Waals surface area contributed by atoms with Gasteiger partial charge in [-0.15, -0.1) is 0 Å². The van der Waals surface area contributed by atoms with Crippen LogP contribution in [0, 0.1) is 0 Å². The van der Waals surface area contributed by atoms with E-state index in [4.69, 9.17) is 5.02 Å². The molecule has 0 aliphatic rings. The number of rotatable bonds is 4. The molecule has 140 valence electrons. The Bertz CT molecular complexity index is 404. The monoisotopic (exact) mass is 385 g/mol. The molecule has 0 fully saturated rings. The van der Waals surface area contributed by atoms with Gasteiger partial charge < -0.3 is 9.34 Å². The molecule has 0 aromatic rings. The van der Waals surface area contributed by atoms with Gasteiger partial charge in [0.15, 0.2) is 0 Å². The number of alkyl halides is 14. The summed E-state index contributed by atoms with van der Waals surface area (Å²) in [5, 5.41) is 7.90. The fourth-order valence-corrected chi connectivity index (χ4v) is 1.09. The van der Waals surface area contributed by atoms with E-state index in [-0.39, 0.29) is 0 Å². The van der Waals surface area contributed by atoms with Crippen molar-refractivity contribution in [1.29, 1.82) is 0 Å². The zero-order chi connectivity index (χ0) is 19.5. The average molecular weight is 385 g/mol. The van der Waals surface area contributed by atoms with Crippen LogP contribution in [0.15, 0.2) is 0 Å². The summed E-state index contributed by atoms with van der Waals surface area (Å²) in [5.41, 5.74) is 0. The molecule has 0 atom stereocenters. The normalized spacial score (nSPS) is 16.7. The van der Waals surface area contributed by atoms with Crippen molar-refractivity contribution >= 4 is 6.63 Å². The Labute approximate surface area is 115 Å². The molecule has 17 heteroatoms. The lowest BCUT2D eigenvalue weighted by atomic mass is 9.46. The van der Waals surface area contributed by atoms with Crippen molar-refractivity contribution in [3.8, 4) is 0 Å². The van der Waals surface area contributed by atoms with Crippen molar-refractivity contribution in [2.24, 2.45) is 0 Å². The van der Waals surface area contributed by atoms with Gasteiger partial charge in [-0.1, -0.05) is 0 Å². The van der Waals surface area contributed by atoms with Crippen LogP contribution < -0.4 is 0 Å². The minimum absolute atomic E-state index is 7.57. The lowest BCUT2D eigenvalue weighted by Gasteiger charge is -2.46. The maximum Gasteiger partial charge on any atom is 0.456 e. The van der Waals surface area contributed by atoms with Crippen molar-refractivity contribution in [2.75, 3.05) is 0 Å². The SMILES string of the molecule is O[B-](F)(C(F)(F)C(F)(F)C(F)(F)F)C(F)(F)C(F)(F)C(F)(F)F. The summed E-state index contributed by atoms with van der Waals surface area (Å²) >= 11 is 0. The molecule has 1 nitrogen and oxygen atoms in total. The minimum Gasteiger partial charge on any atom is -0.572 e. The quantitative estimate of drug-likeness (QED) is 0.570. The van der Waals surface area contributed by atoms with Crippen LogP contribution in [0.3, 0.4) is 0 Å². The number of hydrogen-bond donors (Lipinski definition) is 1. The number of halogens is 15. The first-order valence-electron chi connectivity index (χ1n) is 4.70. The summed E-state index contributed by atoms with van der Waals surface area (Å²) < 4.78 is 182. The molecular formula is C6HBF15O-. The molecule has 0 amide bonds. The van der Waals surface area contributed by atoms with Crippen LogP contribution in [0.1, 0.15) is 0 Å². The summed E-state index contributed by atoms with van der Waals surface area (Å²) in [4.78, 5) is 0. The van der Waals surface area contributed by atoms with Crippen molar-refractivity contribution in [3.05, 3.63) is 0 Å². The van der Waals surface area contributed by atoms with Crippen LogP contribution in [0.25, 0.3) is 0 Å². The zero-order valence-corrected chi connectivity index (χ0v) is 9.69.